The molecule has 28 heavy (non-hydrogen) atoms. The third kappa shape index (κ3) is 3.55. The van der Waals surface area contributed by atoms with Crippen molar-refractivity contribution >= 4 is 28.6 Å². The molecule has 154 valence electrons. The molecule has 8 heteroatoms. The van der Waals surface area contributed by atoms with Gasteiger partial charge in [-0.05, 0) is 39.3 Å². The lowest BCUT2D eigenvalue weighted by Crippen LogP contribution is -2.57. The fourth-order valence-electron chi connectivity index (χ4n) is 4.41. The van der Waals surface area contributed by atoms with Crippen molar-refractivity contribution in [3.8, 4) is 0 Å². The van der Waals surface area contributed by atoms with Crippen molar-refractivity contribution < 1.29 is 27.9 Å². The van der Waals surface area contributed by atoms with E-state index < -0.39 is 41.1 Å². The van der Waals surface area contributed by atoms with Gasteiger partial charge in [0.2, 0.25) is 0 Å². The second kappa shape index (κ2) is 6.65. The molecule has 2 aliphatic heterocycles. The number of rotatable bonds is 7. The SMILES string of the molecule is C[Si](C)(C)O[C@@H]([C@H](O[Si](C)(C)C)[C@@H]1OC(=O)[C@@H]2C=C[C@H]12)[C@@H]1OC(=O)[C@@H]2C=C[C@H]12. The molecule has 0 amide bonds. The summed E-state index contributed by atoms with van der Waals surface area (Å²) in [5, 5.41) is 0. The first-order chi connectivity index (χ1) is 12.9. The molecule has 0 unspecified atom stereocenters. The highest BCUT2D eigenvalue weighted by Crippen LogP contribution is 2.46. The van der Waals surface area contributed by atoms with Gasteiger partial charge in [0, 0.05) is 11.8 Å². The van der Waals surface area contributed by atoms with Crippen LogP contribution >= 0.6 is 0 Å². The monoisotopic (exact) mass is 422 g/mol. The van der Waals surface area contributed by atoms with Gasteiger partial charge in [-0.15, -0.1) is 0 Å². The Balaban J connectivity index is 1.69. The third-order valence-corrected chi connectivity index (χ3v) is 7.63. The van der Waals surface area contributed by atoms with E-state index in [1.165, 1.54) is 0 Å². The highest BCUT2D eigenvalue weighted by Gasteiger charge is 2.58. The minimum atomic E-state index is -2.00. The molecule has 0 bridgehead atoms. The molecule has 2 aliphatic carbocycles. The van der Waals surface area contributed by atoms with Gasteiger partial charge in [0.25, 0.3) is 0 Å². The molecule has 0 aromatic heterocycles. The van der Waals surface area contributed by atoms with E-state index in [0.29, 0.717) is 0 Å². The molecular formula is C20H30O6Si2. The molecule has 0 radical (unpaired) electrons. The Morgan fingerprint density at radius 2 is 1.07 bits per heavy atom. The largest absolute Gasteiger partial charge is 0.458 e. The van der Waals surface area contributed by atoms with E-state index in [4.69, 9.17) is 18.3 Å². The number of hydrogen-bond donors (Lipinski definition) is 0. The van der Waals surface area contributed by atoms with Crippen LogP contribution in [0, 0.1) is 23.7 Å². The Bertz CT molecular complexity index is 672. The summed E-state index contributed by atoms with van der Waals surface area (Å²) < 4.78 is 24.8. The zero-order valence-corrected chi connectivity index (χ0v) is 19.4. The molecule has 4 rings (SSSR count). The summed E-state index contributed by atoms with van der Waals surface area (Å²) in [5.74, 6) is -0.755. The molecule has 6 nitrogen and oxygen atoms in total. The van der Waals surface area contributed by atoms with E-state index >= 15 is 0 Å². The molecule has 0 saturated carbocycles. The summed E-state index contributed by atoms with van der Waals surface area (Å²) in [5.41, 5.74) is 0. The lowest BCUT2D eigenvalue weighted by molar-refractivity contribution is -0.159. The van der Waals surface area contributed by atoms with Gasteiger partial charge in [-0.3, -0.25) is 9.59 Å². The second-order valence-electron chi connectivity index (χ2n) is 10.2. The van der Waals surface area contributed by atoms with Crippen molar-refractivity contribution in [3.63, 3.8) is 0 Å². The average molecular weight is 423 g/mol. The van der Waals surface area contributed by atoms with Crippen LogP contribution in [0.3, 0.4) is 0 Å². The normalized spacial score (nSPS) is 38.1. The van der Waals surface area contributed by atoms with E-state index in [-0.39, 0.29) is 35.6 Å². The Kier molecular flexibility index (Phi) is 4.76. The summed E-state index contributed by atoms with van der Waals surface area (Å²) in [6.45, 7) is 12.7. The zero-order chi connectivity index (χ0) is 20.4. The van der Waals surface area contributed by atoms with E-state index in [1.807, 2.05) is 24.3 Å². The van der Waals surface area contributed by atoms with Crippen molar-refractivity contribution in [1.29, 1.82) is 0 Å². The number of esters is 2. The second-order valence-corrected chi connectivity index (χ2v) is 19.1. The highest BCUT2D eigenvalue weighted by molar-refractivity contribution is 6.70. The molecule has 2 saturated heterocycles. The first-order valence-electron chi connectivity index (χ1n) is 10.1. The summed E-state index contributed by atoms with van der Waals surface area (Å²) in [7, 11) is -4.01. The molecule has 2 heterocycles. The van der Waals surface area contributed by atoms with Crippen LogP contribution in [0.1, 0.15) is 0 Å². The zero-order valence-electron chi connectivity index (χ0n) is 17.4. The Morgan fingerprint density at radius 1 is 0.714 bits per heavy atom. The summed E-state index contributed by atoms with van der Waals surface area (Å²) in [4.78, 5) is 24.6. The quantitative estimate of drug-likeness (QED) is 0.357. The number of ether oxygens (including phenoxy) is 2. The molecular weight excluding hydrogens is 392 g/mol. The van der Waals surface area contributed by atoms with Crippen molar-refractivity contribution in [1.82, 2.24) is 0 Å². The van der Waals surface area contributed by atoms with Crippen LogP contribution in [0.4, 0.5) is 0 Å². The van der Waals surface area contributed by atoms with Gasteiger partial charge in [0.15, 0.2) is 16.6 Å². The van der Waals surface area contributed by atoms with Crippen molar-refractivity contribution in [3.05, 3.63) is 24.3 Å². The average Bonchev–Trinajstić information content (AvgIpc) is 2.79. The molecule has 0 aromatic rings. The lowest BCUT2D eigenvalue weighted by Gasteiger charge is -2.43. The van der Waals surface area contributed by atoms with E-state index in [1.54, 1.807) is 0 Å². The maximum atomic E-state index is 12.3. The van der Waals surface area contributed by atoms with Crippen LogP contribution in [0.25, 0.3) is 0 Å². The number of fused-ring (bicyclic) bond motifs is 2. The number of carbonyl (C=O) groups is 2. The Morgan fingerprint density at radius 3 is 1.29 bits per heavy atom. The van der Waals surface area contributed by atoms with Crippen molar-refractivity contribution in [2.75, 3.05) is 0 Å². The van der Waals surface area contributed by atoms with Crippen molar-refractivity contribution in [2.45, 2.75) is 63.7 Å². The topological polar surface area (TPSA) is 71.1 Å². The number of carbonyl (C=O) groups excluding carboxylic acids is 2. The van der Waals surface area contributed by atoms with E-state index in [0.717, 1.165) is 0 Å². The van der Waals surface area contributed by atoms with Gasteiger partial charge in [0.1, 0.15) is 24.4 Å². The van der Waals surface area contributed by atoms with Gasteiger partial charge in [-0.1, -0.05) is 24.3 Å². The molecule has 8 atom stereocenters. The van der Waals surface area contributed by atoms with Crippen LogP contribution in [0.5, 0.6) is 0 Å². The number of cyclic esters (lactones) is 2. The van der Waals surface area contributed by atoms with Crippen LogP contribution in [0.2, 0.25) is 39.3 Å². The summed E-state index contributed by atoms with van der Waals surface area (Å²) in [6.07, 6.45) is 6.13. The van der Waals surface area contributed by atoms with Crippen LogP contribution in [-0.4, -0.2) is 53.0 Å². The minimum absolute atomic E-state index is 0.00594. The van der Waals surface area contributed by atoms with E-state index in [9.17, 15) is 9.59 Å². The molecule has 0 spiro atoms. The highest BCUT2D eigenvalue weighted by atomic mass is 28.4. The molecule has 2 fully saturated rings. The molecule has 0 aromatic carbocycles. The van der Waals surface area contributed by atoms with Gasteiger partial charge >= 0.3 is 11.9 Å². The van der Waals surface area contributed by atoms with Crippen LogP contribution in [0.15, 0.2) is 24.3 Å². The lowest BCUT2D eigenvalue weighted by atomic mass is 9.75. The van der Waals surface area contributed by atoms with Gasteiger partial charge in [-0.2, -0.15) is 0 Å². The first kappa shape index (κ1) is 20.1. The summed E-state index contributed by atoms with van der Waals surface area (Å²) >= 11 is 0. The fourth-order valence-corrected chi connectivity index (χ4v) is 6.58. The maximum absolute atomic E-state index is 12.3. The Hall–Kier alpha value is -1.23. The van der Waals surface area contributed by atoms with Crippen LogP contribution in [-0.2, 0) is 27.9 Å². The minimum Gasteiger partial charge on any atom is -0.458 e. The van der Waals surface area contributed by atoms with Gasteiger partial charge in [0.05, 0.1) is 11.8 Å². The standard InChI is InChI=1S/C20H30O6Si2/c1-27(2,3)25-17(15-11-7-9-13(11)19(21)23-15)18(26-28(4,5)6)16-12-8-10-14(12)20(22)24-16/h7-18H,1-6H3/t11-,12-,13+,14+,15+,16+,17+,18+/m0/s1. The van der Waals surface area contributed by atoms with Crippen molar-refractivity contribution in [2.24, 2.45) is 23.7 Å². The molecule has 0 N–H and O–H groups in total. The fraction of sp³-hybridized carbons (Fsp3) is 0.700. The first-order valence-corrected chi connectivity index (χ1v) is 16.9. The smallest absolute Gasteiger partial charge is 0.313 e. The number of hydrogen-bond acceptors (Lipinski definition) is 6. The summed E-state index contributed by atoms with van der Waals surface area (Å²) in [6, 6.07) is 0. The predicted octanol–water partition coefficient (Wildman–Crippen LogP) is 2.88. The Labute approximate surface area is 168 Å². The predicted molar refractivity (Wildman–Crippen MR) is 108 cm³/mol. The maximum Gasteiger partial charge on any atom is 0.313 e. The van der Waals surface area contributed by atoms with E-state index in [2.05, 4.69) is 39.3 Å². The van der Waals surface area contributed by atoms with Crippen LogP contribution < -0.4 is 0 Å². The van der Waals surface area contributed by atoms with Gasteiger partial charge < -0.3 is 18.3 Å². The third-order valence-electron chi connectivity index (χ3n) is 5.67. The van der Waals surface area contributed by atoms with Gasteiger partial charge in [-0.25, -0.2) is 0 Å². The molecule has 4 aliphatic rings.